The summed E-state index contributed by atoms with van der Waals surface area (Å²) >= 11 is 0. The van der Waals surface area contributed by atoms with Crippen LogP contribution in [-0.4, -0.2) is 73.1 Å². The van der Waals surface area contributed by atoms with Gasteiger partial charge < -0.3 is 29.5 Å². The Morgan fingerprint density at radius 3 is 1.75 bits per heavy atom. The summed E-state index contributed by atoms with van der Waals surface area (Å²) in [5.74, 6) is -0.466. The van der Waals surface area contributed by atoms with Crippen LogP contribution in [0.2, 0.25) is 0 Å². The first-order valence-electron chi connectivity index (χ1n) is 10.6. The van der Waals surface area contributed by atoms with E-state index in [1.165, 1.54) is 14.2 Å². The fourth-order valence-electron chi connectivity index (χ4n) is 2.46. The van der Waals surface area contributed by atoms with E-state index in [1.54, 1.807) is 31.2 Å². The van der Waals surface area contributed by atoms with Crippen molar-refractivity contribution in [2.75, 3.05) is 27.4 Å². The molecule has 189 valence electrons. The third kappa shape index (κ3) is 15.5. The third-order valence-corrected chi connectivity index (χ3v) is 3.82. The summed E-state index contributed by atoms with van der Waals surface area (Å²) in [6.07, 6.45) is -2.94. The molecule has 5 atom stereocenters. The normalized spacial score (nSPS) is 22.7. The largest absolute Gasteiger partial charge is 0.396 e. The van der Waals surface area contributed by atoms with Crippen LogP contribution in [0.25, 0.3) is 0 Å². The van der Waals surface area contributed by atoms with Crippen LogP contribution in [0.15, 0.2) is 24.3 Å². The molecule has 0 aromatic heterocycles. The van der Waals surface area contributed by atoms with Crippen molar-refractivity contribution in [1.29, 1.82) is 0 Å². The number of Topliss-reactive ketones (excluding diaryl/α,β-unsaturated/α-hetero) is 1. The molecule has 0 aliphatic carbocycles. The molecule has 9 heteroatoms. The molecule has 1 aromatic carbocycles. The van der Waals surface area contributed by atoms with E-state index in [1.807, 2.05) is 41.5 Å². The van der Waals surface area contributed by atoms with Crippen molar-refractivity contribution >= 4 is 5.78 Å². The zero-order valence-corrected chi connectivity index (χ0v) is 23.9. The quantitative estimate of drug-likeness (QED) is 0.389. The monoisotopic (exact) mass is 540 g/mol. The number of hydrogen-bond donors (Lipinski definition) is 3. The van der Waals surface area contributed by atoms with E-state index in [4.69, 9.17) is 24.4 Å². The molecular formula is C23H44FO7Y-. The van der Waals surface area contributed by atoms with Gasteiger partial charge in [-0.2, -0.15) is 30.3 Å². The smallest absolute Gasteiger partial charge is 0.165 e. The van der Waals surface area contributed by atoms with Gasteiger partial charge in [0.1, 0.15) is 18.0 Å². The minimum absolute atomic E-state index is 0. The molecule has 1 aliphatic rings. The molecule has 0 amide bonds. The first-order chi connectivity index (χ1) is 14.5. The zero-order valence-electron chi connectivity index (χ0n) is 21.1. The van der Waals surface area contributed by atoms with E-state index in [0.717, 1.165) is 5.56 Å². The van der Waals surface area contributed by atoms with E-state index < -0.39 is 30.5 Å². The van der Waals surface area contributed by atoms with Crippen molar-refractivity contribution in [1.82, 2.24) is 0 Å². The van der Waals surface area contributed by atoms with Gasteiger partial charge in [-0.15, -0.1) is 0 Å². The molecule has 1 aliphatic heterocycles. The van der Waals surface area contributed by atoms with Gasteiger partial charge in [0.25, 0.3) is 0 Å². The number of ether oxygens (including phenoxy) is 3. The van der Waals surface area contributed by atoms with Gasteiger partial charge in [-0.25, -0.2) is 0 Å². The molecule has 2 rings (SSSR count). The zero-order chi connectivity index (χ0) is 24.1. The molecule has 0 saturated carbocycles. The fraction of sp³-hybridized carbons (Fsp3) is 0.696. The maximum atomic E-state index is 10.6. The van der Waals surface area contributed by atoms with Crippen molar-refractivity contribution in [2.24, 2.45) is 5.92 Å². The van der Waals surface area contributed by atoms with Crippen LogP contribution in [0.5, 0.6) is 0 Å². The summed E-state index contributed by atoms with van der Waals surface area (Å²) in [6.45, 7) is 13.0. The Kier molecular flexibility index (Phi) is 37.6. The Balaban J connectivity index is -0.000000124. The van der Waals surface area contributed by atoms with Gasteiger partial charge >= 0.3 is 0 Å². The summed E-state index contributed by atoms with van der Waals surface area (Å²) in [5.41, 5.74) is 0.744. The first kappa shape index (κ1) is 41.9. The number of aliphatic hydroxyl groups excluding tert-OH is 3. The van der Waals surface area contributed by atoms with Crippen LogP contribution in [0.4, 0.5) is 4.70 Å². The summed E-state index contributed by atoms with van der Waals surface area (Å²) in [4.78, 5) is 10.6. The standard InChI is InChI=1S/C9H18O6.C8H7O.3C2H6.FH.Y/c1-13-8-6(4-11)15-9(14-2)5(3-10)7(8)12;1-7(9)8-5-3-2-4-6-8;3*1-2;;/h5-12H,3-4H2,1-2H3;3-6H,1H3;3*1-2H3;1H;/q;-1;;;;;. The van der Waals surface area contributed by atoms with Crippen LogP contribution in [-0.2, 0) is 46.9 Å². The minimum atomic E-state index is -0.921. The summed E-state index contributed by atoms with van der Waals surface area (Å²) in [6, 6.07) is 9.81. The molecule has 7 nitrogen and oxygen atoms in total. The van der Waals surface area contributed by atoms with Crippen molar-refractivity contribution < 1.29 is 71.7 Å². The maximum absolute atomic E-state index is 10.6. The molecule has 0 spiro atoms. The molecule has 1 radical (unpaired) electrons. The molecule has 1 heterocycles. The van der Waals surface area contributed by atoms with Crippen LogP contribution >= 0.6 is 0 Å². The van der Waals surface area contributed by atoms with Crippen molar-refractivity contribution in [3.8, 4) is 0 Å². The Morgan fingerprint density at radius 1 is 1.00 bits per heavy atom. The van der Waals surface area contributed by atoms with E-state index in [-0.39, 0.29) is 56.4 Å². The van der Waals surface area contributed by atoms with Crippen molar-refractivity contribution in [3.05, 3.63) is 35.9 Å². The second kappa shape index (κ2) is 28.7. The second-order valence-electron chi connectivity index (χ2n) is 5.34. The number of methoxy groups -OCH3 is 2. The number of carbonyl (C=O) groups is 1. The number of rotatable bonds is 5. The molecule has 0 bridgehead atoms. The van der Waals surface area contributed by atoms with E-state index in [9.17, 15) is 9.90 Å². The molecule has 1 fully saturated rings. The first-order valence-corrected chi connectivity index (χ1v) is 10.6. The number of hydrogen-bond acceptors (Lipinski definition) is 7. The van der Waals surface area contributed by atoms with Gasteiger partial charge in [0.15, 0.2) is 6.29 Å². The van der Waals surface area contributed by atoms with Crippen LogP contribution in [0.3, 0.4) is 0 Å². The molecule has 5 unspecified atom stereocenters. The minimum Gasteiger partial charge on any atom is -0.396 e. The SMILES string of the molecule is CC.CC.CC.CC(=O)c1cc[c-]cc1.COC1OC(CO)C(OC)C(O)C1CO.F.[Y]. The second-order valence-corrected chi connectivity index (χ2v) is 5.34. The Morgan fingerprint density at radius 2 is 1.47 bits per heavy atom. The van der Waals surface area contributed by atoms with Crippen LogP contribution < -0.4 is 0 Å². The molecule has 3 N–H and O–H groups in total. The third-order valence-electron chi connectivity index (χ3n) is 3.82. The Bertz CT molecular complexity index is 476. The molecular weight excluding hydrogens is 496 g/mol. The number of ketones is 1. The molecule has 32 heavy (non-hydrogen) atoms. The summed E-state index contributed by atoms with van der Waals surface area (Å²) < 4.78 is 15.4. The van der Waals surface area contributed by atoms with Crippen LogP contribution in [0.1, 0.15) is 58.8 Å². The van der Waals surface area contributed by atoms with Gasteiger partial charge in [0.05, 0.1) is 25.2 Å². The molecule has 1 aromatic rings. The number of carbonyl (C=O) groups excluding carboxylic acids is 1. The van der Waals surface area contributed by atoms with Crippen molar-refractivity contribution in [2.45, 2.75) is 73.1 Å². The van der Waals surface area contributed by atoms with Crippen LogP contribution in [0, 0.1) is 12.0 Å². The predicted octanol–water partition coefficient (Wildman–Crippen LogP) is 3.25. The summed E-state index contributed by atoms with van der Waals surface area (Å²) in [5, 5.41) is 28.0. The Labute approximate surface area is 219 Å². The Hall–Kier alpha value is -0.316. The van der Waals surface area contributed by atoms with E-state index in [0.29, 0.717) is 0 Å². The van der Waals surface area contributed by atoms with Gasteiger partial charge in [-0.3, -0.25) is 9.50 Å². The average Bonchev–Trinajstić information content (AvgIpc) is 2.83. The van der Waals surface area contributed by atoms with Gasteiger partial charge in [0.2, 0.25) is 0 Å². The van der Waals surface area contributed by atoms with E-state index in [2.05, 4.69) is 6.07 Å². The average molecular weight is 541 g/mol. The van der Waals surface area contributed by atoms with Crippen molar-refractivity contribution in [3.63, 3.8) is 0 Å². The number of halogens is 1. The number of benzene rings is 1. The fourth-order valence-corrected chi connectivity index (χ4v) is 2.46. The van der Waals surface area contributed by atoms with Gasteiger partial charge in [0, 0.05) is 46.9 Å². The van der Waals surface area contributed by atoms with Gasteiger partial charge in [-0.05, 0) is 6.92 Å². The molecule has 1 saturated heterocycles. The van der Waals surface area contributed by atoms with Gasteiger partial charge in [-0.1, -0.05) is 47.1 Å². The number of aliphatic hydroxyl groups is 3. The topological polar surface area (TPSA) is 105 Å². The predicted molar refractivity (Wildman–Crippen MR) is 122 cm³/mol. The summed E-state index contributed by atoms with van der Waals surface area (Å²) in [7, 11) is 2.84. The maximum Gasteiger partial charge on any atom is 0.165 e. The van der Waals surface area contributed by atoms with E-state index >= 15 is 0 Å².